The highest BCUT2D eigenvalue weighted by molar-refractivity contribution is 5.87. The number of nitrogens with one attached hydrogen (secondary N) is 1. The number of aryl methyl sites for hydroxylation is 1. The lowest BCUT2D eigenvalue weighted by Crippen LogP contribution is -2.09. The molecule has 6 nitrogen and oxygen atoms in total. The van der Waals surface area contributed by atoms with Crippen LogP contribution in [-0.4, -0.2) is 21.6 Å². The molecule has 1 unspecified atom stereocenters. The number of rotatable bonds is 6. The van der Waals surface area contributed by atoms with E-state index in [4.69, 9.17) is 16.2 Å². The Hall–Kier alpha value is -2.76. The van der Waals surface area contributed by atoms with Crippen LogP contribution >= 0.6 is 0 Å². The predicted molar refractivity (Wildman–Crippen MR) is 104 cm³/mol. The predicted octanol–water partition coefficient (Wildman–Crippen LogP) is 3.76. The molecule has 3 aromatic rings. The second-order valence-electron chi connectivity index (χ2n) is 7.22. The van der Waals surface area contributed by atoms with E-state index >= 15 is 0 Å². The summed E-state index contributed by atoms with van der Waals surface area (Å²) in [7, 11) is 0. The number of fused-ring (bicyclic) bond motifs is 1. The van der Waals surface area contributed by atoms with Crippen molar-refractivity contribution in [1.29, 1.82) is 0 Å². The quantitative estimate of drug-likeness (QED) is 0.627. The summed E-state index contributed by atoms with van der Waals surface area (Å²) in [6.45, 7) is 4.98. The highest BCUT2D eigenvalue weighted by Crippen LogP contribution is 2.38. The summed E-state index contributed by atoms with van der Waals surface area (Å²) in [5, 5.41) is 1.13. The van der Waals surface area contributed by atoms with Gasteiger partial charge in [-0.25, -0.2) is 4.98 Å². The van der Waals surface area contributed by atoms with Gasteiger partial charge in [-0.3, -0.25) is 0 Å². The number of benzene rings is 1. The highest BCUT2D eigenvalue weighted by atomic mass is 16.5. The molecule has 0 amide bonds. The summed E-state index contributed by atoms with van der Waals surface area (Å²) in [6.07, 6.45) is 5.16. The molecule has 1 atom stereocenters. The lowest BCUT2D eigenvalue weighted by molar-refractivity contribution is 0.303. The Morgan fingerprint density at radius 2 is 2.08 bits per heavy atom. The van der Waals surface area contributed by atoms with Crippen LogP contribution in [0.3, 0.4) is 0 Å². The van der Waals surface area contributed by atoms with Crippen molar-refractivity contribution in [3.8, 4) is 5.75 Å². The van der Waals surface area contributed by atoms with Crippen LogP contribution in [0.25, 0.3) is 10.9 Å². The molecule has 1 aromatic carbocycles. The standard InChI is InChI=1S/C20H25N5O/c1-3-14(16-9-23-20(22)25-19(16)21)13-7-17-15(6-11(2)24-17)18(8-13)26-10-12-4-5-12/h6-9,12,14,24H,3-5,10H2,1-2H3,(H4,21,22,23,25). The molecule has 6 heteroatoms. The minimum Gasteiger partial charge on any atom is -0.493 e. The number of hydrogen-bond acceptors (Lipinski definition) is 5. The van der Waals surface area contributed by atoms with Crippen molar-refractivity contribution in [2.45, 2.75) is 39.0 Å². The molecule has 2 aromatic heterocycles. The zero-order valence-corrected chi connectivity index (χ0v) is 15.2. The normalized spacial score (nSPS) is 15.3. The lowest BCUT2D eigenvalue weighted by atomic mass is 9.89. The van der Waals surface area contributed by atoms with E-state index < -0.39 is 0 Å². The second-order valence-corrected chi connectivity index (χ2v) is 7.22. The number of aromatic nitrogens is 3. The Morgan fingerprint density at radius 3 is 2.77 bits per heavy atom. The number of nitrogens with two attached hydrogens (primary N) is 2. The minimum atomic E-state index is 0.0897. The van der Waals surface area contributed by atoms with Gasteiger partial charge in [0.05, 0.1) is 6.61 Å². The van der Waals surface area contributed by atoms with Crippen LogP contribution in [0.1, 0.15) is 48.9 Å². The van der Waals surface area contributed by atoms with Crippen molar-refractivity contribution in [2.24, 2.45) is 5.92 Å². The first-order valence-corrected chi connectivity index (χ1v) is 9.19. The molecule has 1 aliphatic rings. The van der Waals surface area contributed by atoms with E-state index in [1.165, 1.54) is 12.8 Å². The SMILES string of the molecule is CCC(c1cc(OCC2CC2)c2cc(C)[nH]c2c1)c1cnc(N)nc1N. The molecule has 1 aliphatic carbocycles. The number of H-pyrrole nitrogens is 1. The Balaban J connectivity index is 1.77. The van der Waals surface area contributed by atoms with Crippen LogP contribution < -0.4 is 16.2 Å². The second kappa shape index (κ2) is 6.52. The Kier molecular flexibility index (Phi) is 4.18. The molecule has 0 radical (unpaired) electrons. The van der Waals surface area contributed by atoms with E-state index in [0.717, 1.165) is 46.5 Å². The van der Waals surface area contributed by atoms with Gasteiger partial charge in [-0.15, -0.1) is 0 Å². The van der Waals surface area contributed by atoms with Crippen molar-refractivity contribution in [1.82, 2.24) is 15.0 Å². The third-order valence-electron chi connectivity index (χ3n) is 5.08. The number of anilines is 2. The molecule has 136 valence electrons. The zero-order chi connectivity index (χ0) is 18.3. The number of ether oxygens (including phenoxy) is 1. The van der Waals surface area contributed by atoms with Gasteiger partial charge in [-0.05, 0) is 55.9 Å². The first kappa shape index (κ1) is 16.7. The molecule has 1 saturated carbocycles. The summed E-state index contributed by atoms with van der Waals surface area (Å²) in [5.74, 6) is 2.36. The van der Waals surface area contributed by atoms with E-state index in [1.54, 1.807) is 6.20 Å². The third-order valence-corrected chi connectivity index (χ3v) is 5.08. The topological polar surface area (TPSA) is 103 Å². The first-order chi connectivity index (χ1) is 12.5. The van der Waals surface area contributed by atoms with Crippen LogP contribution in [0.15, 0.2) is 24.4 Å². The molecule has 4 rings (SSSR count). The largest absolute Gasteiger partial charge is 0.493 e. The smallest absolute Gasteiger partial charge is 0.221 e. The molecular weight excluding hydrogens is 326 g/mol. The zero-order valence-electron chi connectivity index (χ0n) is 15.2. The minimum absolute atomic E-state index is 0.0897. The van der Waals surface area contributed by atoms with Crippen molar-refractivity contribution < 1.29 is 4.74 Å². The summed E-state index contributed by atoms with van der Waals surface area (Å²) in [6, 6.07) is 6.46. The Labute approximate surface area is 153 Å². The van der Waals surface area contributed by atoms with E-state index in [-0.39, 0.29) is 11.9 Å². The molecule has 2 heterocycles. The fraction of sp³-hybridized carbons (Fsp3) is 0.400. The van der Waals surface area contributed by atoms with Gasteiger partial charge >= 0.3 is 0 Å². The number of hydrogen-bond donors (Lipinski definition) is 3. The maximum absolute atomic E-state index is 6.17. The van der Waals surface area contributed by atoms with E-state index in [0.29, 0.717) is 11.7 Å². The number of nitrogen functional groups attached to an aromatic ring is 2. The molecule has 26 heavy (non-hydrogen) atoms. The van der Waals surface area contributed by atoms with E-state index in [9.17, 15) is 0 Å². The van der Waals surface area contributed by atoms with Crippen LogP contribution in [0, 0.1) is 12.8 Å². The van der Waals surface area contributed by atoms with Crippen LogP contribution in [0.2, 0.25) is 0 Å². The van der Waals surface area contributed by atoms with Crippen molar-refractivity contribution in [2.75, 3.05) is 18.1 Å². The average Bonchev–Trinajstić information content (AvgIpc) is 3.35. The van der Waals surface area contributed by atoms with Gasteiger partial charge in [-0.2, -0.15) is 4.98 Å². The van der Waals surface area contributed by atoms with E-state index in [2.05, 4.69) is 47.0 Å². The molecule has 0 spiro atoms. The van der Waals surface area contributed by atoms with Gasteiger partial charge in [0, 0.05) is 34.3 Å². The third kappa shape index (κ3) is 3.19. The summed E-state index contributed by atoms with van der Waals surface area (Å²) >= 11 is 0. The van der Waals surface area contributed by atoms with Gasteiger partial charge in [0.15, 0.2) is 0 Å². The average molecular weight is 351 g/mol. The molecular formula is C20H25N5O. The molecule has 1 fully saturated rings. The number of aromatic amines is 1. The summed E-state index contributed by atoms with van der Waals surface area (Å²) in [5.41, 5.74) is 16.0. The molecule has 5 N–H and O–H groups in total. The van der Waals surface area contributed by atoms with Crippen molar-refractivity contribution in [3.05, 3.63) is 41.2 Å². The van der Waals surface area contributed by atoms with E-state index in [1.807, 2.05) is 0 Å². The monoisotopic (exact) mass is 351 g/mol. The van der Waals surface area contributed by atoms with Gasteiger partial charge in [0.1, 0.15) is 11.6 Å². The number of nitrogens with zero attached hydrogens (tertiary/aromatic N) is 2. The molecule has 0 aliphatic heterocycles. The molecule has 0 saturated heterocycles. The maximum Gasteiger partial charge on any atom is 0.221 e. The highest BCUT2D eigenvalue weighted by Gasteiger charge is 2.24. The first-order valence-electron chi connectivity index (χ1n) is 9.19. The van der Waals surface area contributed by atoms with Crippen molar-refractivity contribution >= 4 is 22.7 Å². The lowest BCUT2D eigenvalue weighted by Gasteiger charge is -2.19. The van der Waals surface area contributed by atoms with Crippen LogP contribution in [-0.2, 0) is 0 Å². The van der Waals surface area contributed by atoms with Crippen molar-refractivity contribution in [3.63, 3.8) is 0 Å². The summed E-state index contributed by atoms with van der Waals surface area (Å²) < 4.78 is 6.17. The van der Waals surface area contributed by atoms with Gasteiger partial charge in [0.2, 0.25) is 5.95 Å². The van der Waals surface area contributed by atoms with Crippen LogP contribution in [0.4, 0.5) is 11.8 Å². The van der Waals surface area contributed by atoms with Gasteiger partial charge in [0.25, 0.3) is 0 Å². The summed E-state index contributed by atoms with van der Waals surface area (Å²) in [4.78, 5) is 11.7. The Bertz CT molecular complexity index is 945. The Morgan fingerprint density at radius 1 is 1.27 bits per heavy atom. The van der Waals surface area contributed by atoms with Gasteiger partial charge in [-0.1, -0.05) is 6.92 Å². The van der Waals surface area contributed by atoms with Crippen LogP contribution in [0.5, 0.6) is 5.75 Å². The fourth-order valence-corrected chi connectivity index (χ4v) is 3.50. The van der Waals surface area contributed by atoms with Gasteiger partial charge < -0.3 is 21.2 Å². The molecule has 0 bridgehead atoms. The fourth-order valence-electron chi connectivity index (χ4n) is 3.50. The maximum atomic E-state index is 6.17.